The number of carbonyl (C=O) groups excluding carboxylic acids is 3. The van der Waals surface area contributed by atoms with Crippen LogP contribution in [0.5, 0.6) is 0 Å². The second-order valence-electron chi connectivity index (χ2n) is 16.2. The second kappa shape index (κ2) is 14.8. The van der Waals surface area contributed by atoms with Gasteiger partial charge in [-0.3, -0.25) is 24.1 Å². The summed E-state index contributed by atoms with van der Waals surface area (Å²) in [6.45, 7) is 13.1. The predicted molar refractivity (Wildman–Crippen MR) is 195 cm³/mol. The number of aliphatic carboxylic acids is 1. The molecule has 2 saturated carbocycles. The zero-order chi connectivity index (χ0) is 36.6. The highest BCUT2D eigenvalue weighted by atomic mass is 32.1. The molecule has 5 rings (SSSR count). The number of carbonyl (C=O) groups is 4. The first-order chi connectivity index (χ1) is 23.6. The Morgan fingerprint density at radius 3 is 2.50 bits per heavy atom. The molecule has 3 aliphatic rings. The Bertz CT molecular complexity index is 1540. The summed E-state index contributed by atoms with van der Waals surface area (Å²) in [4.78, 5) is 65.4. The van der Waals surface area contributed by atoms with E-state index in [1.165, 1.54) is 11.3 Å². The van der Waals surface area contributed by atoms with Crippen molar-refractivity contribution in [2.75, 3.05) is 20.6 Å². The lowest BCUT2D eigenvalue weighted by molar-refractivity contribution is -0.144. The third kappa shape index (κ3) is 7.66. The Morgan fingerprint density at radius 1 is 1.20 bits per heavy atom. The number of nitrogens with one attached hydrogen (secondary N) is 3. The standard InChI is InChI=1S/C38H58N6O5S/c1-9-24(4)30(41-32(46)29-14-10-11-18-43(29)7)33(47)44(8)36(6,23(2)3)22-37(15-16-37)35-40-28(21-50-35)31(45)42-38(19-25(5)34(48)49)20-26(38)27-13-12-17-39-27/h12-13,17,21,23-26,29-30,39H,9-11,14-16,18-20,22H2,1-8H3,(H,41,46)(H,42,45)(H,48,49)/t24?,25?,26?,29?,30-,36?,38?/m0/s1. The van der Waals surface area contributed by atoms with Crippen molar-refractivity contribution in [2.45, 2.75) is 134 Å². The minimum absolute atomic E-state index is 0.0172. The third-order valence-corrected chi connectivity index (χ3v) is 13.5. The molecule has 2 aliphatic carbocycles. The van der Waals surface area contributed by atoms with E-state index in [4.69, 9.17) is 4.98 Å². The summed E-state index contributed by atoms with van der Waals surface area (Å²) in [6, 6.07) is 3.05. The maximum atomic E-state index is 14.4. The van der Waals surface area contributed by atoms with Gasteiger partial charge in [0, 0.05) is 41.2 Å². The Morgan fingerprint density at radius 2 is 1.92 bits per heavy atom. The molecule has 7 atom stereocenters. The molecule has 1 saturated heterocycles. The van der Waals surface area contributed by atoms with Crippen LogP contribution in [0.3, 0.4) is 0 Å². The lowest BCUT2D eigenvalue weighted by atomic mass is 9.77. The van der Waals surface area contributed by atoms with E-state index in [1.54, 1.807) is 6.92 Å². The zero-order valence-corrected chi connectivity index (χ0v) is 32.0. The highest BCUT2D eigenvalue weighted by Crippen LogP contribution is 2.57. The number of hydrogen-bond donors (Lipinski definition) is 4. The predicted octanol–water partition coefficient (Wildman–Crippen LogP) is 5.55. The molecule has 2 aromatic heterocycles. The van der Waals surface area contributed by atoms with Crippen LogP contribution in [0.2, 0.25) is 0 Å². The maximum Gasteiger partial charge on any atom is 0.306 e. The molecular formula is C38H58N6O5S. The lowest BCUT2D eigenvalue weighted by Gasteiger charge is -2.46. The molecule has 6 unspecified atom stereocenters. The molecular weight excluding hydrogens is 653 g/mol. The first-order valence-electron chi connectivity index (χ1n) is 18.5. The van der Waals surface area contributed by atoms with Crippen LogP contribution in [0.1, 0.15) is 126 Å². The molecule has 276 valence electrons. The molecule has 3 amide bonds. The van der Waals surface area contributed by atoms with Gasteiger partial charge < -0.3 is 25.6 Å². The van der Waals surface area contributed by atoms with Gasteiger partial charge in [0.15, 0.2) is 0 Å². The second-order valence-corrected chi connectivity index (χ2v) is 17.1. The SMILES string of the molecule is CCC(C)[C@H](NC(=O)C1CCCCN1C)C(=O)N(C)C(C)(CC1(c2nc(C(=O)NC3(CC(C)C(=O)O)CC3c3ccc[nH]3)cs2)CC1)C(C)C. The van der Waals surface area contributed by atoms with Crippen molar-refractivity contribution < 1.29 is 24.3 Å². The summed E-state index contributed by atoms with van der Waals surface area (Å²) >= 11 is 1.49. The number of H-pyrrole nitrogens is 1. The van der Waals surface area contributed by atoms with Gasteiger partial charge in [-0.2, -0.15) is 0 Å². The lowest BCUT2D eigenvalue weighted by Crippen LogP contribution is -2.61. The van der Waals surface area contributed by atoms with Gasteiger partial charge in [-0.25, -0.2) is 4.98 Å². The number of hydrogen-bond acceptors (Lipinski definition) is 7. The average molecular weight is 711 g/mol. The topological polar surface area (TPSA) is 148 Å². The summed E-state index contributed by atoms with van der Waals surface area (Å²) in [6.07, 6.45) is 9.03. The Balaban J connectivity index is 1.31. The van der Waals surface area contributed by atoms with Crippen LogP contribution in [0.15, 0.2) is 23.7 Å². The quantitative estimate of drug-likeness (QED) is 0.179. The van der Waals surface area contributed by atoms with Gasteiger partial charge in [0.05, 0.1) is 22.5 Å². The fraction of sp³-hybridized carbons (Fsp3) is 0.711. The van der Waals surface area contributed by atoms with E-state index in [1.807, 2.05) is 49.6 Å². The summed E-state index contributed by atoms with van der Waals surface area (Å²) in [5.74, 6) is -1.81. The van der Waals surface area contributed by atoms with Gasteiger partial charge in [0.25, 0.3) is 5.91 Å². The Labute approximate surface area is 301 Å². The molecule has 0 bridgehead atoms. The number of carboxylic acid groups (broad SMARTS) is 1. The van der Waals surface area contributed by atoms with Gasteiger partial charge >= 0.3 is 5.97 Å². The van der Waals surface area contributed by atoms with Crippen molar-refractivity contribution in [2.24, 2.45) is 17.8 Å². The van der Waals surface area contributed by atoms with Gasteiger partial charge in [0.2, 0.25) is 11.8 Å². The van der Waals surface area contributed by atoms with E-state index < -0.39 is 29.0 Å². The van der Waals surface area contributed by atoms with Crippen LogP contribution in [-0.2, 0) is 19.8 Å². The van der Waals surface area contributed by atoms with E-state index in [2.05, 4.69) is 48.2 Å². The van der Waals surface area contributed by atoms with Crippen LogP contribution < -0.4 is 10.6 Å². The van der Waals surface area contributed by atoms with E-state index >= 15 is 0 Å². The number of likely N-dealkylation sites (N-methyl/N-ethyl adjacent to an activating group) is 2. The largest absolute Gasteiger partial charge is 0.481 e. The van der Waals surface area contributed by atoms with Gasteiger partial charge in [-0.05, 0) is 89.4 Å². The van der Waals surface area contributed by atoms with Crippen molar-refractivity contribution in [1.82, 2.24) is 30.4 Å². The zero-order valence-electron chi connectivity index (χ0n) is 31.2. The molecule has 3 fully saturated rings. The molecule has 4 N–H and O–H groups in total. The molecule has 2 aromatic rings. The maximum absolute atomic E-state index is 14.4. The molecule has 12 heteroatoms. The minimum Gasteiger partial charge on any atom is -0.481 e. The minimum atomic E-state index is -0.881. The Hall–Kier alpha value is -3.25. The van der Waals surface area contributed by atoms with Crippen molar-refractivity contribution in [1.29, 1.82) is 0 Å². The van der Waals surface area contributed by atoms with Crippen LogP contribution in [0, 0.1) is 17.8 Å². The third-order valence-electron chi connectivity index (χ3n) is 12.5. The van der Waals surface area contributed by atoms with Crippen LogP contribution >= 0.6 is 11.3 Å². The number of aromatic nitrogens is 2. The summed E-state index contributed by atoms with van der Waals surface area (Å²) in [5.41, 5.74) is -0.0960. The monoisotopic (exact) mass is 710 g/mol. The summed E-state index contributed by atoms with van der Waals surface area (Å²) in [5, 5.41) is 18.7. The molecule has 1 aliphatic heterocycles. The summed E-state index contributed by atoms with van der Waals surface area (Å²) in [7, 11) is 3.86. The van der Waals surface area contributed by atoms with Crippen molar-refractivity contribution >= 4 is 35.0 Å². The number of amides is 3. The number of likely N-dealkylation sites (tertiary alicyclic amines) is 1. The molecule has 0 radical (unpaired) electrons. The van der Waals surface area contributed by atoms with E-state index in [0.717, 1.165) is 55.8 Å². The summed E-state index contributed by atoms with van der Waals surface area (Å²) < 4.78 is 0. The number of piperidine rings is 1. The molecule has 0 aromatic carbocycles. The van der Waals surface area contributed by atoms with Crippen molar-refractivity contribution in [3.63, 3.8) is 0 Å². The highest BCUT2D eigenvalue weighted by molar-refractivity contribution is 7.10. The number of rotatable bonds is 16. The van der Waals surface area contributed by atoms with Crippen molar-refractivity contribution in [3.8, 4) is 0 Å². The van der Waals surface area contributed by atoms with E-state index in [0.29, 0.717) is 25.0 Å². The van der Waals surface area contributed by atoms with Gasteiger partial charge in [-0.1, -0.05) is 47.5 Å². The fourth-order valence-corrected chi connectivity index (χ4v) is 9.11. The fourth-order valence-electron chi connectivity index (χ4n) is 8.05. The average Bonchev–Trinajstić information content (AvgIpc) is 3.80. The van der Waals surface area contributed by atoms with E-state index in [-0.39, 0.29) is 46.9 Å². The number of nitrogens with zero attached hydrogens (tertiary/aromatic N) is 3. The molecule has 3 heterocycles. The molecule has 0 spiro atoms. The van der Waals surface area contributed by atoms with Crippen molar-refractivity contribution in [3.05, 3.63) is 40.1 Å². The first kappa shape index (κ1) is 38.0. The van der Waals surface area contributed by atoms with Crippen LogP contribution in [-0.4, -0.2) is 92.4 Å². The number of thiazole rings is 1. The van der Waals surface area contributed by atoms with Gasteiger partial charge in [-0.15, -0.1) is 11.3 Å². The van der Waals surface area contributed by atoms with Crippen LogP contribution in [0.25, 0.3) is 0 Å². The molecule has 11 nitrogen and oxygen atoms in total. The smallest absolute Gasteiger partial charge is 0.306 e. The highest BCUT2D eigenvalue weighted by Gasteiger charge is 2.58. The first-order valence-corrected chi connectivity index (χ1v) is 19.4. The van der Waals surface area contributed by atoms with E-state index in [9.17, 15) is 24.3 Å². The number of aromatic amines is 1. The number of carboxylic acids is 1. The molecule has 50 heavy (non-hydrogen) atoms. The van der Waals surface area contributed by atoms with Crippen LogP contribution in [0.4, 0.5) is 0 Å². The Kier molecular flexibility index (Phi) is 11.2. The van der Waals surface area contributed by atoms with Gasteiger partial charge in [0.1, 0.15) is 11.7 Å². The normalized spacial score (nSPS) is 25.9.